The van der Waals surface area contributed by atoms with E-state index >= 15 is 0 Å². The lowest BCUT2D eigenvalue weighted by atomic mass is 10.2. The third-order valence-electron chi connectivity index (χ3n) is 5.83. The van der Waals surface area contributed by atoms with Crippen molar-refractivity contribution in [3.05, 3.63) is 65.4 Å². The third kappa shape index (κ3) is 3.71. The predicted molar refractivity (Wildman–Crippen MR) is 143 cm³/mol. The number of anilines is 3. The van der Waals surface area contributed by atoms with Gasteiger partial charge in [0.2, 0.25) is 5.95 Å². The minimum Gasteiger partial charge on any atom is -0.364 e. The second-order valence-electron chi connectivity index (χ2n) is 7.84. The molecule has 1 saturated heterocycles. The summed E-state index contributed by atoms with van der Waals surface area (Å²) >= 11 is 2.39. The Bertz CT molecular complexity index is 1320. The molecule has 0 spiro atoms. The fourth-order valence-corrected chi connectivity index (χ4v) is 9.67. The van der Waals surface area contributed by atoms with E-state index in [4.69, 9.17) is 5.73 Å². The molecule has 2 aromatic heterocycles. The number of halogens is 2. The van der Waals surface area contributed by atoms with Crippen molar-refractivity contribution < 1.29 is 14.0 Å². The van der Waals surface area contributed by atoms with Gasteiger partial charge in [0.1, 0.15) is 5.56 Å². The number of nitrogens with two attached hydrogens (primary N) is 1. The second kappa shape index (κ2) is 8.75. The number of para-hydroxylation sites is 1. The van der Waals surface area contributed by atoms with Gasteiger partial charge < -0.3 is 16.4 Å². The highest BCUT2D eigenvalue weighted by molar-refractivity contribution is 14.2. The van der Waals surface area contributed by atoms with Crippen LogP contribution in [-0.2, 0) is 6.54 Å². The number of hydrogen-bond acceptors (Lipinski definition) is 8. The molecule has 35 heavy (non-hydrogen) atoms. The second-order valence-corrected chi connectivity index (χ2v) is 14.4. The fourth-order valence-electron chi connectivity index (χ4n) is 4.17. The van der Waals surface area contributed by atoms with Crippen LogP contribution in [0.4, 0.5) is 21.8 Å². The molecule has 4 heterocycles. The van der Waals surface area contributed by atoms with Crippen LogP contribution >= 0.6 is 28.8 Å². The lowest BCUT2D eigenvalue weighted by Crippen LogP contribution is -2.58. The van der Waals surface area contributed by atoms with Crippen LogP contribution in [0.1, 0.15) is 26.5 Å². The zero-order valence-electron chi connectivity index (χ0n) is 18.9. The average molecular weight is 611 g/mol. The van der Waals surface area contributed by atoms with E-state index in [0.717, 1.165) is 11.4 Å². The van der Waals surface area contributed by atoms with E-state index in [1.807, 2.05) is 34.7 Å². The Morgan fingerprint density at radius 3 is 2.66 bits per heavy atom. The maximum Gasteiger partial charge on any atom is 0.270 e. The zero-order valence-corrected chi connectivity index (χ0v) is 21.9. The maximum atomic E-state index is 14.5. The summed E-state index contributed by atoms with van der Waals surface area (Å²) in [6.07, 6.45) is 1.46. The van der Waals surface area contributed by atoms with Gasteiger partial charge in [-0.05, 0) is 25.8 Å². The van der Waals surface area contributed by atoms with Crippen molar-refractivity contribution in [3.8, 4) is 0 Å². The molecule has 1 fully saturated rings. The first-order valence-corrected chi connectivity index (χ1v) is 14.9. The number of aromatic nitrogens is 3. The number of nitrogens with zero attached hydrogens (tertiary/aromatic N) is 6. The molecule has 1 unspecified atom stereocenters. The summed E-state index contributed by atoms with van der Waals surface area (Å²) in [5, 5.41) is 7.47. The van der Waals surface area contributed by atoms with E-state index < -0.39 is 19.3 Å². The minimum atomic E-state index is -1.91. The predicted octanol–water partition coefficient (Wildman–Crippen LogP) is 2.30. The molecule has 0 radical (unpaired) electrons. The van der Waals surface area contributed by atoms with Crippen LogP contribution in [0.2, 0.25) is 0 Å². The number of nitrogens with one attached hydrogen (secondary N) is 2. The van der Waals surface area contributed by atoms with Crippen molar-refractivity contribution in [2.45, 2.75) is 6.54 Å². The highest BCUT2D eigenvalue weighted by atomic mass is 127. The summed E-state index contributed by atoms with van der Waals surface area (Å²) in [4.78, 5) is 33.9. The molecular formula is C21H23FIN9O2S. The van der Waals surface area contributed by atoms with Gasteiger partial charge in [0.15, 0.2) is 17.3 Å². The van der Waals surface area contributed by atoms with Crippen LogP contribution in [0.15, 0.2) is 42.6 Å². The summed E-state index contributed by atoms with van der Waals surface area (Å²) in [7, 11) is 1.56. The van der Waals surface area contributed by atoms with Crippen LogP contribution in [0.25, 0.3) is 0 Å². The molecule has 1 atom stereocenters. The number of rotatable bonds is 7. The number of hydrogen-bond donors (Lipinski definition) is 3. The first-order valence-electron chi connectivity index (χ1n) is 10.7. The minimum absolute atomic E-state index is 0.217. The molecule has 0 aliphatic carbocycles. The van der Waals surface area contributed by atoms with Gasteiger partial charge in [-0.3, -0.25) is 13.9 Å². The van der Waals surface area contributed by atoms with Crippen molar-refractivity contribution in [3.63, 3.8) is 0 Å². The Kier molecular flexibility index (Phi) is 5.86. The van der Waals surface area contributed by atoms with Crippen molar-refractivity contribution in [2.24, 2.45) is 5.73 Å². The standard InChI is InChI=1S/C21H23FIN9O2S/c1-25-21-27-15-12-26-20(34)16(15)19(28-21)31-10-11-35(31,23)32(13-6-4-3-5-7-13)29(2)30-9-8-14(22)17(30)18(24)33/h3-9H,10-12H2,1-2H3,(H2,24,33)(H,26,34)(H,25,27,28). The highest BCUT2D eigenvalue weighted by Crippen LogP contribution is 2.70. The van der Waals surface area contributed by atoms with Crippen LogP contribution in [0.3, 0.4) is 0 Å². The number of carbonyl (C=O) groups is 2. The summed E-state index contributed by atoms with van der Waals surface area (Å²) in [5.74, 6) is -0.0801. The molecule has 0 bridgehead atoms. The number of hydrazine groups is 1. The van der Waals surface area contributed by atoms with Crippen LogP contribution < -0.4 is 30.2 Å². The molecule has 0 saturated carbocycles. The summed E-state index contributed by atoms with van der Waals surface area (Å²) in [5.41, 5.74) is 7.16. The number of carbonyl (C=O) groups excluding carboxylic acids is 2. The summed E-state index contributed by atoms with van der Waals surface area (Å²) < 4.78 is 19.9. The van der Waals surface area contributed by atoms with Gasteiger partial charge in [-0.15, -0.1) is 0 Å². The van der Waals surface area contributed by atoms with E-state index in [2.05, 4.69) is 46.1 Å². The number of primary amides is 1. The SMILES string of the molecule is CNc1nc2c(c(N3CCS3(I)N(c3ccccc3)N(C)n3ccc(F)c3C(N)=O)n1)C(=O)NC2. The van der Waals surface area contributed by atoms with Crippen molar-refractivity contribution in [1.29, 1.82) is 0 Å². The van der Waals surface area contributed by atoms with Crippen molar-refractivity contribution in [2.75, 3.05) is 45.5 Å². The van der Waals surface area contributed by atoms with Crippen molar-refractivity contribution in [1.82, 2.24) is 20.0 Å². The average Bonchev–Trinajstić information content (AvgIpc) is 3.41. The first-order chi connectivity index (χ1) is 16.8. The molecule has 5 rings (SSSR count). The largest absolute Gasteiger partial charge is 0.364 e. The number of amides is 2. The molecule has 4 N–H and O–H groups in total. The van der Waals surface area contributed by atoms with E-state index in [-0.39, 0.29) is 11.6 Å². The Hall–Kier alpha value is -3.27. The quantitative estimate of drug-likeness (QED) is 0.275. The molecular weight excluding hydrogens is 588 g/mol. The van der Waals surface area contributed by atoms with Gasteiger partial charge in [0.05, 0.1) is 17.9 Å². The molecule has 14 heteroatoms. The van der Waals surface area contributed by atoms with E-state index in [9.17, 15) is 14.0 Å². The Morgan fingerprint density at radius 1 is 1.29 bits per heavy atom. The number of benzene rings is 1. The first kappa shape index (κ1) is 23.5. The van der Waals surface area contributed by atoms with E-state index in [1.165, 1.54) is 16.9 Å². The summed E-state index contributed by atoms with van der Waals surface area (Å²) in [6.45, 7) is 0.987. The monoisotopic (exact) mass is 611 g/mol. The van der Waals surface area contributed by atoms with Gasteiger partial charge >= 0.3 is 0 Å². The lowest BCUT2D eigenvalue weighted by molar-refractivity contribution is 0.0963. The Labute approximate surface area is 214 Å². The molecule has 11 nitrogen and oxygen atoms in total. The highest BCUT2D eigenvalue weighted by Gasteiger charge is 2.49. The molecule has 1 aromatic carbocycles. The molecule has 184 valence electrons. The van der Waals surface area contributed by atoms with Gasteiger partial charge in [-0.2, -0.15) is 4.98 Å². The normalized spacial score (nSPS) is 20.3. The molecule has 2 aliphatic rings. The lowest BCUT2D eigenvalue weighted by Gasteiger charge is -2.61. The van der Waals surface area contributed by atoms with E-state index in [1.54, 1.807) is 19.2 Å². The van der Waals surface area contributed by atoms with Crippen LogP contribution in [0.5, 0.6) is 0 Å². The molecule has 2 aliphatic heterocycles. The zero-order chi connectivity index (χ0) is 24.9. The van der Waals surface area contributed by atoms with E-state index in [0.29, 0.717) is 36.1 Å². The Balaban J connectivity index is 1.64. The summed E-state index contributed by atoms with van der Waals surface area (Å²) in [6, 6.07) is 10.8. The smallest absolute Gasteiger partial charge is 0.270 e. The van der Waals surface area contributed by atoms with Crippen molar-refractivity contribution >= 4 is 58.0 Å². The van der Waals surface area contributed by atoms with Gasteiger partial charge in [-0.1, -0.05) is 18.2 Å². The van der Waals surface area contributed by atoms with Crippen LogP contribution in [-0.4, -0.2) is 52.9 Å². The third-order valence-corrected chi connectivity index (χ3v) is 12.4. The molecule has 3 aromatic rings. The van der Waals surface area contributed by atoms with Gasteiger partial charge in [0.25, 0.3) is 11.8 Å². The topological polar surface area (TPSA) is 125 Å². The van der Waals surface area contributed by atoms with Gasteiger partial charge in [-0.25, -0.2) is 23.6 Å². The maximum absolute atomic E-state index is 14.5. The van der Waals surface area contributed by atoms with Gasteiger partial charge in [0, 0.05) is 53.8 Å². The number of fused-ring (bicyclic) bond motifs is 1. The molecule has 2 amide bonds. The van der Waals surface area contributed by atoms with Crippen LogP contribution in [0, 0.1) is 5.82 Å². The fraction of sp³-hybridized carbons (Fsp3) is 0.238. The Morgan fingerprint density at radius 2 is 2.03 bits per heavy atom.